The van der Waals surface area contributed by atoms with Crippen LogP contribution in [0.1, 0.15) is 15.2 Å². The van der Waals surface area contributed by atoms with Crippen LogP contribution in [-0.4, -0.2) is 37.0 Å². The molecule has 0 radical (unpaired) electrons. The zero-order chi connectivity index (χ0) is 20.0. The van der Waals surface area contributed by atoms with Gasteiger partial charge in [0.15, 0.2) is 0 Å². The van der Waals surface area contributed by atoms with Crippen LogP contribution in [-0.2, 0) is 5.75 Å². The summed E-state index contributed by atoms with van der Waals surface area (Å²) in [6.07, 6.45) is 0. The van der Waals surface area contributed by atoms with E-state index in [2.05, 4.69) is 23.1 Å². The van der Waals surface area contributed by atoms with Gasteiger partial charge >= 0.3 is 0 Å². The molecule has 3 nitrogen and oxygen atoms in total. The lowest BCUT2D eigenvalue weighted by Gasteiger charge is -2.36. The van der Waals surface area contributed by atoms with Crippen LogP contribution in [0.25, 0.3) is 10.4 Å². The second-order valence-electron chi connectivity index (χ2n) is 7.15. The van der Waals surface area contributed by atoms with E-state index < -0.39 is 0 Å². The number of carbonyl (C=O) groups excluding carboxylic acids is 1. The second kappa shape index (κ2) is 7.88. The Bertz CT molecular complexity index is 1090. The third-order valence-electron chi connectivity index (χ3n) is 5.33. The van der Waals surface area contributed by atoms with Crippen LogP contribution in [0.3, 0.4) is 0 Å². The molecule has 3 heterocycles. The Hall–Kier alpha value is -1.66. The number of fused-ring (bicyclic) bond motifs is 3. The van der Waals surface area contributed by atoms with Crippen molar-refractivity contribution < 1.29 is 4.79 Å². The number of thioether (sulfide) groups is 1. The highest BCUT2D eigenvalue weighted by Crippen LogP contribution is 2.46. The fourth-order valence-electron chi connectivity index (χ4n) is 3.82. The van der Waals surface area contributed by atoms with Gasteiger partial charge in [0.2, 0.25) is 0 Å². The van der Waals surface area contributed by atoms with Gasteiger partial charge in [-0.1, -0.05) is 35.3 Å². The summed E-state index contributed by atoms with van der Waals surface area (Å²) in [5, 5.41) is 1.50. The van der Waals surface area contributed by atoms with Gasteiger partial charge in [0.25, 0.3) is 5.91 Å². The van der Waals surface area contributed by atoms with Crippen molar-refractivity contribution in [2.75, 3.05) is 31.1 Å². The minimum Gasteiger partial charge on any atom is -0.368 e. The van der Waals surface area contributed by atoms with E-state index in [9.17, 15) is 4.79 Å². The minimum absolute atomic E-state index is 0.135. The lowest BCUT2D eigenvalue weighted by molar-refractivity contribution is 0.0751. The smallest absolute Gasteiger partial charge is 0.264 e. The first-order valence-electron chi connectivity index (χ1n) is 9.44. The highest BCUT2D eigenvalue weighted by molar-refractivity contribution is 7.98. The number of carbonyl (C=O) groups is 1. The largest absolute Gasteiger partial charge is 0.368 e. The van der Waals surface area contributed by atoms with Crippen molar-refractivity contribution in [3.63, 3.8) is 0 Å². The van der Waals surface area contributed by atoms with E-state index in [1.54, 1.807) is 23.1 Å². The lowest BCUT2D eigenvalue weighted by atomic mass is 10.1. The van der Waals surface area contributed by atoms with Gasteiger partial charge in [-0.15, -0.1) is 23.1 Å². The van der Waals surface area contributed by atoms with Gasteiger partial charge in [-0.05, 0) is 42.0 Å². The molecule has 0 bridgehead atoms. The molecular weight excluding hydrogens is 443 g/mol. The average molecular weight is 461 g/mol. The maximum Gasteiger partial charge on any atom is 0.264 e. The number of thiophene rings is 1. The third kappa shape index (κ3) is 3.77. The molecule has 2 aromatic carbocycles. The summed E-state index contributed by atoms with van der Waals surface area (Å²) in [6, 6.07) is 16.0. The summed E-state index contributed by atoms with van der Waals surface area (Å²) in [7, 11) is 0. The Morgan fingerprint density at radius 2 is 1.72 bits per heavy atom. The third-order valence-corrected chi connectivity index (χ3v) is 8.10. The van der Waals surface area contributed by atoms with Gasteiger partial charge in [0, 0.05) is 63.0 Å². The van der Waals surface area contributed by atoms with Crippen molar-refractivity contribution in [3.8, 4) is 10.4 Å². The van der Waals surface area contributed by atoms with E-state index in [0.29, 0.717) is 0 Å². The highest BCUT2D eigenvalue weighted by Gasteiger charge is 2.27. The van der Waals surface area contributed by atoms with Crippen molar-refractivity contribution in [1.82, 2.24) is 4.90 Å². The Kier molecular flexibility index (Phi) is 5.25. The number of piperazine rings is 1. The normalized spacial score (nSPS) is 15.8. The summed E-state index contributed by atoms with van der Waals surface area (Å²) in [5.41, 5.74) is 3.55. The molecule has 0 spiro atoms. The Morgan fingerprint density at radius 3 is 2.52 bits per heavy atom. The van der Waals surface area contributed by atoms with Crippen molar-refractivity contribution in [2.45, 2.75) is 10.6 Å². The van der Waals surface area contributed by atoms with Crippen LogP contribution < -0.4 is 4.90 Å². The van der Waals surface area contributed by atoms with E-state index in [4.69, 9.17) is 23.2 Å². The molecule has 1 amide bonds. The molecule has 0 aliphatic carbocycles. The topological polar surface area (TPSA) is 23.6 Å². The predicted octanol–water partition coefficient (Wildman–Crippen LogP) is 6.29. The summed E-state index contributed by atoms with van der Waals surface area (Å²) in [6.45, 7) is 3.06. The molecule has 3 aromatic rings. The van der Waals surface area contributed by atoms with E-state index >= 15 is 0 Å². The molecule has 0 unspecified atom stereocenters. The molecule has 7 heteroatoms. The Balaban J connectivity index is 1.32. The summed E-state index contributed by atoms with van der Waals surface area (Å²) < 4.78 is 0. The predicted molar refractivity (Wildman–Crippen MR) is 124 cm³/mol. The van der Waals surface area contributed by atoms with Crippen LogP contribution in [0.4, 0.5) is 5.69 Å². The maximum absolute atomic E-state index is 13.1. The molecule has 2 aliphatic heterocycles. The first kappa shape index (κ1) is 19.3. The molecule has 0 N–H and O–H groups in total. The number of hydrogen-bond acceptors (Lipinski definition) is 4. The van der Waals surface area contributed by atoms with Crippen LogP contribution in [0.5, 0.6) is 0 Å². The molecule has 1 fully saturated rings. The number of halogens is 2. The average Bonchev–Trinajstić information content (AvgIpc) is 3.18. The van der Waals surface area contributed by atoms with Crippen LogP contribution in [0.2, 0.25) is 10.0 Å². The monoisotopic (exact) mass is 460 g/mol. The zero-order valence-electron chi connectivity index (χ0n) is 15.5. The number of benzene rings is 2. The first-order chi connectivity index (χ1) is 14.1. The molecule has 29 heavy (non-hydrogen) atoms. The van der Waals surface area contributed by atoms with E-state index in [1.165, 1.54) is 20.9 Å². The van der Waals surface area contributed by atoms with Crippen molar-refractivity contribution in [1.29, 1.82) is 0 Å². The second-order valence-corrected chi connectivity index (χ2v) is 10.1. The first-order valence-corrected chi connectivity index (χ1v) is 12.0. The molecule has 2 aliphatic rings. The van der Waals surface area contributed by atoms with Gasteiger partial charge in [-0.25, -0.2) is 0 Å². The molecule has 148 valence electrons. The van der Waals surface area contributed by atoms with Crippen molar-refractivity contribution in [2.24, 2.45) is 0 Å². The minimum atomic E-state index is 0.135. The molecule has 5 rings (SSSR count). The van der Waals surface area contributed by atoms with Gasteiger partial charge in [-0.2, -0.15) is 0 Å². The number of hydrogen-bond donors (Lipinski definition) is 0. The lowest BCUT2D eigenvalue weighted by Crippen LogP contribution is -2.48. The highest BCUT2D eigenvalue weighted by atomic mass is 35.5. The van der Waals surface area contributed by atoms with Crippen molar-refractivity contribution in [3.05, 3.63) is 69.0 Å². The zero-order valence-corrected chi connectivity index (χ0v) is 18.7. The molecule has 0 saturated carbocycles. The Morgan fingerprint density at radius 1 is 0.931 bits per heavy atom. The molecule has 0 atom stereocenters. The number of nitrogens with zero attached hydrogens (tertiary/aromatic N) is 2. The van der Waals surface area contributed by atoms with Crippen molar-refractivity contribution >= 4 is 57.9 Å². The standard InChI is InChI=1S/C22H18Cl2N2OS2/c23-15-2-1-3-17(11-15)25-6-8-26(9-7-25)22(27)20-10-14-13-28-19-12-16(24)4-5-18(19)21(14)29-20/h1-5,10-12H,6-9,13H2. The number of anilines is 1. The fraction of sp³-hybridized carbons (Fsp3) is 0.227. The van der Waals surface area contributed by atoms with E-state index in [-0.39, 0.29) is 5.91 Å². The number of rotatable bonds is 2. The van der Waals surface area contributed by atoms with Crippen LogP contribution in [0, 0.1) is 0 Å². The summed E-state index contributed by atoms with van der Waals surface area (Å²) >= 11 is 15.7. The summed E-state index contributed by atoms with van der Waals surface area (Å²) in [4.78, 5) is 20.6. The quantitative estimate of drug-likeness (QED) is 0.448. The Labute approximate surface area is 188 Å². The molecule has 1 aromatic heterocycles. The fourth-order valence-corrected chi connectivity index (χ4v) is 6.66. The summed E-state index contributed by atoms with van der Waals surface area (Å²) in [5.74, 6) is 1.02. The van der Waals surface area contributed by atoms with Crippen LogP contribution >= 0.6 is 46.3 Å². The molecular formula is C22H18Cl2N2OS2. The van der Waals surface area contributed by atoms with E-state index in [1.807, 2.05) is 35.2 Å². The van der Waals surface area contributed by atoms with Gasteiger partial charge < -0.3 is 9.80 Å². The molecule has 1 saturated heterocycles. The van der Waals surface area contributed by atoms with Gasteiger partial charge in [0.05, 0.1) is 4.88 Å². The number of amides is 1. The van der Waals surface area contributed by atoms with E-state index in [0.717, 1.165) is 52.5 Å². The maximum atomic E-state index is 13.1. The van der Waals surface area contributed by atoms with Gasteiger partial charge in [0.1, 0.15) is 0 Å². The SMILES string of the molecule is O=C(c1cc2c(s1)-c1ccc(Cl)cc1SC2)N1CCN(c2cccc(Cl)c2)CC1. The van der Waals surface area contributed by atoms with Crippen LogP contribution in [0.15, 0.2) is 53.4 Å². The van der Waals surface area contributed by atoms with Gasteiger partial charge in [-0.3, -0.25) is 4.79 Å².